The van der Waals surface area contributed by atoms with E-state index in [1.807, 2.05) is 35.3 Å². The van der Waals surface area contributed by atoms with Crippen LogP contribution in [0.4, 0.5) is 0 Å². The molecule has 0 spiro atoms. The van der Waals surface area contributed by atoms with Crippen LogP contribution in [0.15, 0.2) is 40.8 Å². The van der Waals surface area contributed by atoms with Gasteiger partial charge >= 0.3 is 0 Å². The van der Waals surface area contributed by atoms with E-state index in [1.165, 1.54) is 11.3 Å². The van der Waals surface area contributed by atoms with Gasteiger partial charge in [0.05, 0.1) is 6.42 Å². The fourth-order valence-electron chi connectivity index (χ4n) is 1.36. The molecular formula is C12H11ClN2OS. The van der Waals surface area contributed by atoms with Crippen molar-refractivity contribution in [2.24, 2.45) is 12.0 Å². The molecule has 0 bridgehead atoms. The Labute approximate surface area is 108 Å². The third kappa shape index (κ3) is 3.28. The van der Waals surface area contributed by atoms with Crippen LogP contribution in [0, 0.1) is 0 Å². The van der Waals surface area contributed by atoms with E-state index in [-0.39, 0.29) is 5.91 Å². The number of carbonyl (C=O) groups is 1. The first-order valence-electron chi connectivity index (χ1n) is 5.07. The molecule has 0 saturated heterocycles. The van der Waals surface area contributed by atoms with E-state index in [2.05, 4.69) is 4.99 Å². The first-order chi connectivity index (χ1) is 8.15. The summed E-state index contributed by atoms with van der Waals surface area (Å²) in [4.78, 5) is 16.5. The third-order valence-electron chi connectivity index (χ3n) is 2.25. The maximum Gasteiger partial charge on any atom is 0.252 e. The number of thiazole rings is 1. The lowest BCUT2D eigenvalue weighted by Gasteiger charge is -1.97. The van der Waals surface area contributed by atoms with E-state index < -0.39 is 0 Å². The minimum absolute atomic E-state index is 0.148. The largest absolute Gasteiger partial charge is 0.327 e. The van der Waals surface area contributed by atoms with Crippen LogP contribution < -0.4 is 4.80 Å². The molecule has 1 amide bonds. The van der Waals surface area contributed by atoms with Crippen molar-refractivity contribution in [1.82, 2.24) is 4.57 Å². The van der Waals surface area contributed by atoms with Crippen LogP contribution in [-0.2, 0) is 18.3 Å². The summed E-state index contributed by atoms with van der Waals surface area (Å²) in [5.41, 5.74) is 0.919. The van der Waals surface area contributed by atoms with Crippen LogP contribution in [0.2, 0.25) is 5.02 Å². The molecule has 0 atom stereocenters. The molecule has 3 nitrogen and oxygen atoms in total. The lowest BCUT2D eigenvalue weighted by Crippen LogP contribution is -2.13. The quantitative estimate of drug-likeness (QED) is 0.822. The van der Waals surface area contributed by atoms with E-state index in [1.54, 1.807) is 12.1 Å². The fourth-order valence-corrected chi connectivity index (χ4v) is 2.23. The van der Waals surface area contributed by atoms with Crippen LogP contribution >= 0.6 is 22.9 Å². The van der Waals surface area contributed by atoms with Gasteiger partial charge in [-0.1, -0.05) is 23.7 Å². The SMILES string of the molecule is Cn1ccsc1=NC(=O)Cc1ccc(Cl)cc1. The molecule has 0 fully saturated rings. The highest BCUT2D eigenvalue weighted by Gasteiger charge is 2.02. The molecule has 0 radical (unpaired) electrons. The molecule has 17 heavy (non-hydrogen) atoms. The number of halogens is 1. The van der Waals surface area contributed by atoms with Crippen molar-refractivity contribution in [3.63, 3.8) is 0 Å². The maximum absolute atomic E-state index is 11.7. The van der Waals surface area contributed by atoms with Gasteiger partial charge in [-0.15, -0.1) is 11.3 Å². The molecule has 0 saturated carbocycles. The molecule has 2 aromatic rings. The fraction of sp³-hybridized carbons (Fsp3) is 0.167. The number of carbonyl (C=O) groups excluding carboxylic acids is 1. The number of hydrogen-bond donors (Lipinski definition) is 0. The number of nitrogens with zero attached hydrogens (tertiary/aromatic N) is 2. The minimum atomic E-state index is -0.148. The maximum atomic E-state index is 11.7. The number of benzene rings is 1. The lowest BCUT2D eigenvalue weighted by atomic mass is 10.1. The van der Waals surface area contributed by atoms with Gasteiger partial charge in [-0.05, 0) is 17.7 Å². The van der Waals surface area contributed by atoms with Gasteiger partial charge in [-0.25, -0.2) is 0 Å². The van der Waals surface area contributed by atoms with Crippen LogP contribution in [-0.4, -0.2) is 10.5 Å². The van der Waals surface area contributed by atoms with Gasteiger partial charge in [0, 0.05) is 23.6 Å². The average Bonchev–Trinajstić information content (AvgIpc) is 2.68. The number of hydrogen-bond acceptors (Lipinski definition) is 2. The molecule has 0 unspecified atom stereocenters. The Hall–Kier alpha value is -1.39. The zero-order chi connectivity index (χ0) is 12.3. The minimum Gasteiger partial charge on any atom is -0.327 e. The second kappa shape index (κ2) is 5.29. The molecule has 0 aliphatic heterocycles. The average molecular weight is 267 g/mol. The summed E-state index contributed by atoms with van der Waals surface area (Å²) in [6.07, 6.45) is 2.17. The Morgan fingerprint density at radius 3 is 2.71 bits per heavy atom. The second-order valence-corrected chi connectivity index (χ2v) is 4.91. The first kappa shape index (κ1) is 12.1. The monoisotopic (exact) mass is 266 g/mol. The topological polar surface area (TPSA) is 34.4 Å². The van der Waals surface area contributed by atoms with E-state index >= 15 is 0 Å². The van der Waals surface area contributed by atoms with Crippen molar-refractivity contribution in [2.75, 3.05) is 0 Å². The molecule has 0 aliphatic carbocycles. The molecular weight excluding hydrogens is 256 g/mol. The first-order valence-corrected chi connectivity index (χ1v) is 6.33. The predicted molar refractivity (Wildman–Crippen MR) is 69.0 cm³/mol. The Balaban J connectivity index is 2.13. The zero-order valence-electron chi connectivity index (χ0n) is 9.26. The lowest BCUT2D eigenvalue weighted by molar-refractivity contribution is -0.117. The summed E-state index contributed by atoms with van der Waals surface area (Å²) in [6.45, 7) is 0. The van der Waals surface area contributed by atoms with Crippen molar-refractivity contribution in [3.05, 3.63) is 51.2 Å². The zero-order valence-corrected chi connectivity index (χ0v) is 10.8. The van der Waals surface area contributed by atoms with Crippen molar-refractivity contribution >= 4 is 28.8 Å². The van der Waals surface area contributed by atoms with Crippen molar-refractivity contribution in [3.8, 4) is 0 Å². The molecule has 0 aliphatic rings. The summed E-state index contributed by atoms with van der Waals surface area (Å²) in [7, 11) is 1.87. The number of aryl methyl sites for hydroxylation is 1. The number of rotatable bonds is 2. The Morgan fingerprint density at radius 2 is 2.12 bits per heavy atom. The molecule has 5 heteroatoms. The van der Waals surface area contributed by atoms with Gasteiger partial charge in [0.2, 0.25) is 0 Å². The van der Waals surface area contributed by atoms with E-state index in [0.717, 1.165) is 5.56 Å². The summed E-state index contributed by atoms with van der Waals surface area (Å²) in [5.74, 6) is -0.148. The van der Waals surface area contributed by atoms with Crippen molar-refractivity contribution in [2.45, 2.75) is 6.42 Å². The van der Waals surface area contributed by atoms with Gasteiger partial charge in [0.15, 0.2) is 4.80 Å². The predicted octanol–water partition coefficient (Wildman–Crippen LogP) is 2.41. The van der Waals surface area contributed by atoms with Crippen molar-refractivity contribution < 1.29 is 4.79 Å². The van der Waals surface area contributed by atoms with E-state index in [0.29, 0.717) is 16.2 Å². The van der Waals surface area contributed by atoms with Gasteiger partial charge in [0.1, 0.15) is 0 Å². The third-order valence-corrected chi connectivity index (χ3v) is 3.35. The van der Waals surface area contributed by atoms with Gasteiger partial charge in [-0.2, -0.15) is 4.99 Å². The summed E-state index contributed by atoms with van der Waals surface area (Å²) < 4.78 is 1.82. The summed E-state index contributed by atoms with van der Waals surface area (Å²) in [6, 6.07) is 7.22. The molecule has 2 rings (SSSR count). The Bertz CT molecular complexity index is 583. The highest BCUT2D eigenvalue weighted by atomic mass is 35.5. The molecule has 88 valence electrons. The van der Waals surface area contributed by atoms with Crippen molar-refractivity contribution in [1.29, 1.82) is 0 Å². The highest BCUT2D eigenvalue weighted by Crippen LogP contribution is 2.10. The van der Waals surface area contributed by atoms with Gasteiger partial charge < -0.3 is 4.57 Å². The Morgan fingerprint density at radius 1 is 1.41 bits per heavy atom. The molecule has 1 aromatic heterocycles. The van der Waals surface area contributed by atoms with E-state index in [4.69, 9.17) is 11.6 Å². The Kier molecular flexibility index (Phi) is 3.76. The van der Waals surface area contributed by atoms with Gasteiger partial charge in [-0.3, -0.25) is 4.79 Å². The second-order valence-electron chi connectivity index (χ2n) is 3.61. The summed E-state index contributed by atoms with van der Waals surface area (Å²) >= 11 is 7.22. The number of amides is 1. The van der Waals surface area contributed by atoms with Crippen LogP contribution in [0.5, 0.6) is 0 Å². The molecule has 0 N–H and O–H groups in total. The highest BCUT2D eigenvalue weighted by molar-refractivity contribution is 7.07. The smallest absolute Gasteiger partial charge is 0.252 e. The molecule has 1 aromatic carbocycles. The molecule has 1 heterocycles. The normalized spacial score (nSPS) is 11.8. The number of aromatic nitrogens is 1. The van der Waals surface area contributed by atoms with E-state index in [9.17, 15) is 4.79 Å². The van der Waals surface area contributed by atoms with Crippen LogP contribution in [0.1, 0.15) is 5.56 Å². The van der Waals surface area contributed by atoms with Gasteiger partial charge in [0.25, 0.3) is 5.91 Å². The standard InChI is InChI=1S/C12H11ClN2OS/c1-15-6-7-17-12(15)14-11(16)8-9-2-4-10(13)5-3-9/h2-7H,8H2,1H3. The van der Waals surface area contributed by atoms with Crippen LogP contribution in [0.3, 0.4) is 0 Å². The van der Waals surface area contributed by atoms with Crippen LogP contribution in [0.25, 0.3) is 0 Å². The summed E-state index contributed by atoms with van der Waals surface area (Å²) in [5, 5.41) is 2.57.